The zero-order valence-electron chi connectivity index (χ0n) is 10.7. The smallest absolute Gasteiger partial charge is 0.233 e. The van der Waals surface area contributed by atoms with Gasteiger partial charge in [0.25, 0.3) is 0 Å². The highest BCUT2D eigenvalue weighted by molar-refractivity contribution is 6.30. The van der Waals surface area contributed by atoms with Gasteiger partial charge in [-0.3, -0.25) is 0 Å². The van der Waals surface area contributed by atoms with Crippen molar-refractivity contribution in [3.05, 3.63) is 58.9 Å². The maximum absolute atomic E-state index is 5.90. The molecule has 1 unspecified atom stereocenters. The Balaban J connectivity index is 1.84. The minimum absolute atomic E-state index is 0.244. The molecule has 1 aromatic carbocycles. The average Bonchev–Trinajstić information content (AvgIpc) is 3.01. The number of hydrogen-bond donors (Lipinski definition) is 0. The first kappa shape index (κ1) is 12.3. The van der Waals surface area contributed by atoms with E-state index in [0.717, 1.165) is 23.2 Å². The van der Waals surface area contributed by atoms with Gasteiger partial charge in [-0.05, 0) is 36.8 Å². The number of aromatic nitrogens is 1. The van der Waals surface area contributed by atoms with Crippen LogP contribution in [0.25, 0.3) is 0 Å². The Kier molecular flexibility index (Phi) is 3.30. The molecule has 0 spiro atoms. The highest BCUT2D eigenvalue weighted by Gasteiger charge is 2.18. The summed E-state index contributed by atoms with van der Waals surface area (Å²) >= 11 is 5.90. The summed E-state index contributed by atoms with van der Waals surface area (Å²) in [6.45, 7) is 3.51. The molecule has 0 fully saturated rings. The maximum Gasteiger partial charge on any atom is 0.233 e. The normalized spacial score (nSPS) is 18.2. The number of rotatable bonds is 3. The Bertz CT molecular complexity index is 601. The van der Waals surface area contributed by atoms with Crippen molar-refractivity contribution < 1.29 is 4.74 Å². The van der Waals surface area contributed by atoms with E-state index in [4.69, 9.17) is 16.3 Å². The second-order valence-electron chi connectivity index (χ2n) is 4.74. The minimum Gasteiger partial charge on any atom is -0.474 e. The van der Waals surface area contributed by atoms with E-state index in [9.17, 15) is 0 Å². The summed E-state index contributed by atoms with van der Waals surface area (Å²) in [6, 6.07) is 12.2. The van der Waals surface area contributed by atoms with E-state index in [1.54, 1.807) is 0 Å². The van der Waals surface area contributed by atoms with Gasteiger partial charge in [0.15, 0.2) is 0 Å². The summed E-state index contributed by atoms with van der Waals surface area (Å²) in [4.78, 5) is 4.50. The molecule has 1 aromatic heterocycles. The number of halogens is 1. The van der Waals surface area contributed by atoms with Crippen LogP contribution in [0.3, 0.4) is 0 Å². The Morgan fingerprint density at radius 1 is 1.32 bits per heavy atom. The topological polar surface area (TPSA) is 26.5 Å². The summed E-state index contributed by atoms with van der Waals surface area (Å²) in [5.41, 5.74) is 2.23. The molecule has 1 aliphatic rings. The zero-order valence-corrected chi connectivity index (χ0v) is 11.5. The van der Waals surface area contributed by atoms with Crippen molar-refractivity contribution in [1.29, 1.82) is 0 Å². The van der Waals surface area contributed by atoms with Crippen molar-refractivity contribution in [2.45, 2.75) is 19.5 Å². The van der Waals surface area contributed by atoms with Crippen molar-refractivity contribution in [2.75, 3.05) is 6.61 Å². The first-order chi connectivity index (χ1) is 9.22. The van der Waals surface area contributed by atoms with Crippen LogP contribution >= 0.6 is 11.6 Å². The summed E-state index contributed by atoms with van der Waals surface area (Å²) in [6.07, 6.45) is 2.04. The van der Waals surface area contributed by atoms with Crippen molar-refractivity contribution in [1.82, 2.24) is 4.57 Å². The van der Waals surface area contributed by atoms with Gasteiger partial charge in [-0.2, -0.15) is 0 Å². The van der Waals surface area contributed by atoms with Gasteiger partial charge in [-0.1, -0.05) is 23.7 Å². The van der Waals surface area contributed by atoms with Gasteiger partial charge in [0, 0.05) is 17.8 Å². The van der Waals surface area contributed by atoms with E-state index in [1.807, 2.05) is 42.6 Å². The summed E-state index contributed by atoms with van der Waals surface area (Å²) in [7, 11) is 0. The van der Waals surface area contributed by atoms with Crippen molar-refractivity contribution in [3.8, 4) is 0 Å². The molecule has 0 aliphatic carbocycles. The number of hydrogen-bond acceptors (Lipinski definition) is 2. The molecule has 2 aromatic rings. The number of ether oxygens (including phenoxy) is 1. The fourth-order valence-electron chi connectivity index (χ4n) is 2.15. The molecular weight excluding hydrogens is 260 g/mol. The van der Waals surface area contributed by atoms with Crippen LogP contribution in [0.2, 0.25) is 5.02 Å². The highest BCUT2D eigenvalue weighted by atomic mass is 35.5. The van der Waals surface area contributed by atoms with E-state index in [1.165, 1.54) is 5.56 Å². The predicted octanol–water partition coefficient (Wildman–Crippen LogP) is 3.36. The van der Waals surface area contributed by atoms with Crippen LogP contribution in [0.1, 0.15) is 18.2 Å². The Hall–Kier alpha value is -1.74. The van der Waals surface area contributed by atoms with E-state index in [2.05, 4.69) is 16.5 Å². The lowest BCUT2D eigenvalue weighted by Crippen LogP contribution is -2.10. The fourth-order valence-corrected chi connectivity index (χ4v) is 2.27. The lowest BCUT2D eigenvalue weighted by Gasteiger charge is -2.09. The maximum atomic E-state index is 5.90. The zero-order chi connectivity index (χ0) is 13.2. The lowest BCUT2D eigenvalue weighted by atomic mass is 10.2. The van der Waals surface area contributed by atoms with Crippen LogP contribution in [-0.2, 0) is 11.3 Å². The van der Waals surface area contributed by atoms with Gasteiger partial charge in [0.1, 0.15) is 12.3 Å². The van der Waals surface area contributed by atoms with Gasteiger partial charge in [0.05, 0.1) is 6.04 Å². The average molecular weight is 275 g/mol. The standard InChI is InChI=1S/C15H15ClN2O/c1-11-10-19-15(17-11)14-3-2-8-18(14)9-12-4-6-13(16)7-5-12/h2-8,11H,9-10H2,1H3. The Morgan fingerprint density at radius 3 is 2.79 bits per heavy atom. The third-order valence-corrected chi connectivity index (χ3v) is 3.37. The minimum atomic E-state index is 0.244. The SMILES string of the molecule is CC1COC(c2cccn2Cc2ccc(Cl)cc2)=N1. The van der Waals surface area contributed by atoms with Gasteiger partial charge in [-0.15, -0.1) is 0 Å². The predicted molar refractivity (Wildman–Crippen MR) is 76.9 cm³/mol. The van der Waals surface area contributed by atoms with Crippen LogP contribution in [0.4, 0.5) is 0 Å². The summed E-state index contributed by atoms with van der Waals surface area (Å²) in [5, 5.41) is 0.758. The second-order valence-corrected chi connectivity index (χ2v) is 5.18. The third kappa shape index (κ3) is 2.66. The molecule has 1 aliphatic heterocycles. The van der Waals surface area contributed by atoms with Crippen molar-refractivity contribution in [3.63, 3.8) is 0 Å². The molecule has 2 heterocycles. The fraction of sp³-hybridized carbons (Fsp3) is 0.267. The Morgan fingerprint density at radius 2 is 2.11 bits per heavy atom. The van der Waals surface area contributed by atoms with E-state index in [-0.39, 0.29) is 6.04 Å². The molecular formula is C15H15ClN2O. The van der Waals surface area contributed by atoms with E-state index in [0.29, 0.717) is 6.61 Å². The van der Waals surface area contributed by atoms with Crippen LogP contribution < -0.4 is 0 Å². The van der Waals surface area contributed by atoms with Crippen LogP contribution in [0.15, 0.2) is 47.6 Å². The number of aliphatic imine (C=N–C) groups is 1. The molecule has 4 heteroatoms. The molecule has 0 saturated carbocycles. The van der Waals surface area contributed by atoms with Crippen molar-refractivity contribution >= 4 is 17.5 Å². The Labute approximate surface area is 117 Å². The summed E-state index contributed by atoms with van der Waals surface area (Å²) < 4.78 is 7.75. The molecule has 0 saturated heterocycles. The molecule has 19 heavy (non-hydrogen) atoms. The first-order valence-corrected chi connectivity index (χ1v) is 6.71. The quantitative estimate of drug-likeness (QED) is 0.843. The monoisotopic (exact) mass is 274 g/mol. The molecule has 0 amide bonds. The number of benzene rings is 1. The van der Waals surface area contributed by atoms with Crippen LogP contribution in [0.5, 0.6) is 0 Å². The third-order valence-electron chi connectivity index (χ3n) is 3.11. The van der Waals surface area contributed by atoms with Crippen LogP contribution in [0, 0.1) is 0 Å². The van der Waals surface area contributed by atoms with Crippen LogP contribution in [-0.4, -0.2) is 23.1 Å². The molecule has 0 radical (unpaired) electrons. The molecule has 98 valence electrons. The highest BCUT2D eigenvalue weighted by Crippen LogP contribution is 2.16. The van der Waals surface area contributed by atoms with Crippen molar-refractivity contribution in [2.24, 2.45) is 4.99 Å². The molecule has 1 atom stereocenters. The van der Waals surface area contributed by atoms with Gasteiger partial charge in [-0.25, -0.2) is 4.99 Å². The first-order valence-electron chi connectivity index (χ1n) is 6.33. The molecule has 3 nitrogen and oxygen atoms in total. The van der Waals surface area contributed by atoms with E-state index >= 15 is 0 Å². The van der Waals surface area contributed by atoms with Gasteiger partial charge in [0.2, 0.25) is 5.90 Å². The molecule has 0 bridgehead atoms. The molecule has 0 N–H and O–H groups in total. The lowest BCUT2D eigenvalue weighted by molar-refractivity contribution is 0.322. The van der Waals surface area contributed by atoms with E-state index < -0.39 is 0 Å². The van der Waals surface area contributed by atoms with Gasteiger partial charge >= 0.3 is 0 Å². The second kappa shape index (κ2) is 5.10. The molecule has 3 rings (SSSR count). The number of nitrogens with zero attached hydrogens (tertiary/aromatic N) is 2. The van der Waals surface area contributed by atoms with Gasteiger partial charge < -0.3 is 9.30 Å². The summed E-state index contributed by atoms with van der Waals surface area (Å²) in [5.74, 6) is 0.742. The largest absolute Gasteiger partial charge is 0.474 e.